The molecule has 2 rings (SSSR count). The Bertz CT molecular complexity index is 594. The Balaban J connectivity index is 1.97. The topological polar surface area (TPSA) is 84.7 Å². The number of ether oxygens (including phenoxy) is 1. The van der Waals surface area contributed by atoms with E-state index in [-0.39, 0.29) is 16.7 Å². The Hall–Kier alpha value is -1.22. The summed E-state index contributed by atoms with van der Waals surface area (Å²) in [6.07, 6.45) is -0.0176. The Morgan fingerprint density at radius 3 is 2.90 bits per heavy atom. The van der Waals surface area contributed by atoms with E-state index in [1.165, 1.54) is 12.1 Å². The molecule has 0 spiro atoms. The second-order valence-electron chi connectivity index (χ2n) is 4.95. The molecule has 0 radical (unpaired) electrons. The second kappa shape index (κ2) is 6.69. The van der Waals surface area contributed by atoms with Gasteiger partial charge in [-0.1, -0.05) is 6.92 Å². The van der Waals surface area contributed by atoms with E-state index in [0.29, 0.717) is 13.2 Å². The fraction of sp³-hybridized carbons (Fsp3) is 0.538. The van der Waals surface area contributed by atoms with E-state index in [2.05, 4.69) is 17.1 Å². The number of nitrogens with one attached hydrogen (secondary N) is 1. The van der Waals surface area contributed by atoms with Crippen molar-refractivity contribution >= 4 is 15.7 Å². The maximum Gasteiger partial charge on any atom is 0.238 e. The van der Waals surface area contributed by atoms with Crippen LogP contribution in [-0.4, -0.2) is 52.2 Å². The lowest BCUT2D eigenvalue weighted by Crippen LogP contribution is -2.45. The first-order valence-corrected chi connectivity index (χ1v) is 8.35. The fourth-order valence-electron chi connectivity index (χ4n) is 2.23. The Morgan fingerprint density at radius 2 is 2.29 bits per heavy atom. The molecule has 0 aliphatic carbocycles. The Labute approximate surface area is 124 Å². The quantitative estimate of drug-likeness (QED) is 0.831. The molecule has 1 fully saturated rings. The number of morpholine rings is 1. The van der Waals surface area contributed by atoms with E-state index in [1.54, 1.807) is 0 Å². The summed E-state index contributed by atoms with van der Waals surface area (Å²) in [7, 11) is -3.89. The third-order valence-corrected chi connectivity index (χ3v) is 4.37. The minimum absolute atomic E-state index is 0.0176. The maximum atomic E-state index is 13.8. The van der Waals surface area contributed by atoms with Gasteiger partial charge in [-0.15, -0.1) is 0 Å². The molecule has 0 saturated carbocycles. The van der Waals surface area contributed by atoms with Gasteiger partial charge in [0.05, 0.1) is 23.3 Å². The van der Waals surface area contributed by atoms with Crippen LogP contribution >= 0.6 is 0 Å². The van der Waals surface area contributed by atoms with Crippen LogP contribution in [0.3, 0.4) is 0 Å². The molecular weight excluding hydrogens is 297 g/mol. The zero-order valence-corrected chi connectivity index (χ0v) is 12.7. The highest BCUT2D eigenvalue weighted by molar-refractivity contribution is 7.89. The van der Waals surface area contributed by atoms with Gasteiger partial charge in [0.1, 0.15) is 5.82 Å². The standard InChI is InChI=1S/C13H20FN3O3S/c1-2-17-5-6-20-10(9-17)8-16-13-4-3-11(7-12(13)14)21(15,18)19/h3-4,7,10,16H,2,5-6,8-9H2,1H3,(H2,15,18,19). The van der Waals surface area contributed by atoms with Crippen LogP contribution in [0.15, 0.2) is 23.1 Å². The number of hydrogen-bond acceptors (Lipinski definition) is 5. The molecule has 0 bridgehead atoms. The van der Waals surface area contributed by atoms with E-state index >= 15 is 0 Å². The zero-order chi connectivity index (χ0) is 15.5. The molecule has 1 atom stereocenters. The first-order valence-electron chi connectivity index (χ1n) is 6.80. The third kappa shape index (κ3) is 4.37. The Morgan fingerprint density at radius 1 is 1.52 bits per heavy atom. The van der Waals surface area contributed by atoms with Crippen LogP contribution in [-0.2, 0) is 14.8 Å². The predicted molar refractivity (Wildman–Crippen MR) is 78.1 cm³/mol. The van der Waals surface area contributed by atoms with Crippen molar-refractivity contribution in [1.29, 1.82) is 0 Å². The average molecular weight is 317 g/mol. The molecule has 1 aromatic carbocycles. The summed E-state index contributed by atoms with van der Waals surface area (Å²) in [6.45, 7) is 5.86. The number of nitrogens with zero attached hydrogens (tertiary/aromatic N) is 1. The first kappa shape index (κ1) is 16.2. The molecule has 1 aliphatic heterocycles. The van der Waals surface area contributed by atoms with Gasteiger partial charge >= 0.3 is 0 Å². The van der Waals surface area contributed by atoms with Gasteiger partial charge in [0.25, 0.3) is 0 Å². The molecule has 8 heteroatoms. The molecule has 1 unspecified atom stereocenters. The second-order valence-corrected chi connectivity index (χ2v) is 6.52. The average Bonchev–Trinajstić information content (AvgIpc) is 2.45. The molecular formula is C13H20FN3O3S. The molecule has 0 aromatic heterocycles. The van der Waals surface area contributed by atoms with Gasteiger partial charge in [-0.2, -0.15) is 0 Å². The number of benzene rings is 1. The minimum atomic E-state index is -3.89. The predicted octanol–water partition coefficient (Wildman–Crippen LogP) is 0.606. The smallest absolute Gasteiger partial charge is 0.238 e. The van der Waals surface area contributed by atoms with Crippen LogP contribution in [0.25, 0.3) is 0 Å². The van der Waals surface area contributed by atoms with Crippen LogP contribution in [0.4, 0.5) is 10.1 Å². The molecule has 0 amide bonds. The highest BCUT2D eigenvalue weighted by Crippen LogP contribution is 2.18. The van der Waals surface area contributed by atoms with Crippen molar-refractivity contribution in [2.75, 3.05) is 38.1 Å². The third-order valence-electron chi connectivity index (χ3n) is 3.46. The highest BCUT2D eigenvalue weighted by atomic mass is 32.2. The molecule has 1 saturated heterocycles. The SMILES string of the molecule is CCN1CCOC(CNc2ccc(S(N)(=O)=O)cc2F)C1. The van der Waals surface area contributed by atoms with Gasteiger partial charge in [-0.05, 0) is 24.7 Å². The summed E-state index contributed by atoms with van der Waals surface area (Å²) in [5.74, 6) is -0.648. The number of anilines is 1. The molecule has 1 aliphatic rings. The van der Waals surface area contributed by atoms with Crippen molar-refractivity contribution in [3.05, 3.63) is 24.0 Å². The lowest BCUT2D eigenvalue weighted by molar-refractivity contribution is -0.0192. The highest BCUT2D eigenvalue weighted by Gasteiger charge is 2.19. The molecule has 21 heavy (non-hydrogen) atoms. The number of likely N-dealkylation sites (N-methyl/N-ethyl adjacent to an activating group) is 1. The van der Waals surface area contributed by atoms with E-state index in [4.69, 9.17) is 9.88 Å². The van der Waals surface area contributed by atoms with Gasteiger partial charge in [0.2, 0.25) is 10.0 Å². The minimum Gasteiger partial charge on any atom is -0.380 e. The molecule has 118 valence electrons. The van der Waals surface area contributed by atoms with Gasteiger partial charge in [0, 0.05) is 19.6 Å². The van der Waals surface area contributed by atoms with Crippen molar-refractivity contribution in [2.24, 2.45) is 5.14 Å². The summed E-state index contributed by atoms with van der Waals surface area (Å²) in [5.41, 5.74) is 0.236. The van der Waals surface area contributed by atoms with Crippen molar-refractivity contribution < 1.29 is 17.5 Å². The number of sulfonamides is 1. The molecule has 3 N–H and O–H groups in total. The number of primary sulfonamides is 1. The number of hydrogen-bond donors (Lipinski definition) is 2. The van der Waals surface area contributed by atoms with E-state index in [9.17, 15) is 12.8 Å². The summed E-state index contributed by atoms with van der Waals surface area (Å²) in [4.78, 5) is 2.02. The van der Waals surface area contributed by atoms with Crippen molar-refractivity contribution in [3.8, 4) is 0 Å². The van der Waals surface area contributed by atoms with Crippen LogP contribution in [0.5, 0.6) is 0 Å². The summed E-state index contributed by atoms with van der Waals surface area (Å²) >= 11 is 0. The lowest BCUT2D eigenvalue weighted by Gasteiger charge is -2.32. The summed E-state index contributed by atoms with van der Waals surface area (Å²) < 4.78 is 41.7. The van der Waals surface area contributed by atoms with Crippen LogP contribution in [0.1, 0.15) is 6.92 Å². The number of nitrogens with two attached hydrogens (primary N) is 1. The lowest BCUT2D eigenvalue weighted by atomic mass is 10.2. The first-order chi connectivity index (χ1) is 9.90. The van der Waals surface area contributed by atoms with Crippen LogP contribution in [0.2, 0.25) is 0 Å². The molecule has 6 nitrogen and oxygen atoms in total. The van der Waals surface area contributed by atoms with Crippen molar-refractivity contribution in [1.82, 2.24) is 4.90 Å². The van der Waals surface area contributed by atoms with Gasteiger partial charge in [-0.25, -0.2) is 17.9 Å². The van der Waals surface area contributed by atoms with Gasteiger partial charge in [0.15, 0.2) is 0 Å². The number of rotatable bonds is 5. The van der Waals surface area contributed by atoms with Crippen LogP contribution in [0, 0.1) is 5.82 Å². The maximum absolute atomic E-state index is 13.8. The van der Waals surface area contributed by atoms with Gasteiger partial charge < -0.3 is 10.1 Å². The summed E-state index contributed by atoms with van der Waals surface area (Å²) in [5, 5.41) is 7.90. The fourth-order valence-corrected chi connectivity index (χ4v) is 2.76. The monoisotopic (exact) mass is 317 g/mol. The summed E-state index contributed by atoms with van der Waals surface area (Å²) in [6, 6.07) is 3.56. The Kier molecular flexibility index (Phi) is 5.15. The zero-order valence-electron chi connectivity index (χ0n) is 11.9. The van der Waals surface area contributed by atoms with Crippen molar-refractivity contribution in [3.63, 3.8) is 0 Å². The van der Waals surface area contributed by atoms with Crippen molar-refractivity contribution in [2.45, 2.75) is 17.9 Å². The normalized spacial score (nSPS) is 20.4. The molecule has 1 aromatic rings. The van der Waals surface area contributed by atoms with E-state index < -0.39 is 15.8 Å². The van der Waals surface area contributed by atoms with Crippen LogP contribution < -0.4 is 10.5 Å². The van der Waals surface area contributed by atoms with Gasteiger partial charge in [-0.3, -0.25) is 4.90 Å². The largest absolute Gasteiger partial charge is 0.380 e. The van der Waals surface area contributed by atoms with E-state index in [0.717, 1.165) is 25.7 Å². The molecule has 1 heterocycles. The van der Waals surface area contributed by atoms with E-state index in [1.807, 2.05) is 0 Å². The number of halogens is 1.